The Morgan fingerprint density at radius 1 is 1.39 bits per heavy atom. The van der Waals surface area contributed by atoms with E-state index in [1.807, 2.05) is 26.8 Å². The van der Waals surface area contributed by atoms with E-state index in [2.05, 4.69) is 10.3 Å². The van der Waals surface area contributed by atoms with E-state index in [0.717, 1.165) is 35.5 Å². The highest BCUT2D eigenvalue weighted by Gasteiger charge is 2.55. The fraction of sp³-hybridized carbons (Fsp3) is 0.588. The summed E-state index contributed by atoms with van der Waals surface area (Å²) in [7, 11) is 0. The van der Waals surface area contributed by atoms with Crippen LogP contribution >= 0.6 is 0 Å². The van der Waals surface area contributed by atoms with Gasteiger partial charge in [-0.05, 0) is 51.2 Å². The molecule has 0 bridgehead atoms. The van der Waals surface area contributed by atoms with Crippen molar-refractivity contribution >= 4 is 17.7 Å². The van der Waals surface area contributed by atoms with E-state index in [4.69, 9.17) is 0 Å². The number of carbonyl (C=O) groups is 2. The molecule has 124 valence electrons. The van der Waals surface area contributed by atoms with Gasteiger partial charge < -0.3 is 15.3 Å². The van der Waals surface area contributed by atoms with Crippen LogP contribution in [0.15, 0.2) is 6.07 Å². The molecule has 0 aromatic carbocycles. The Hall–Kier alpha value is -2.11. The van der Waals surface area contributed by atoms with E-state index >= 15 is 0 Å². The number of urea groups is 1. The van der Waals surface area contributed by atoms with Crippen LogP contribution in [0.1, 0.15) is 36.2 Å². The number of hydrogen-bond donors (Lipinski definition) is 2. The quantitative estimate of drug-likeness (QED) is 0.878. The van der Waals surface area contributed by atoms with Crippen LogP contribution in [0.5, 0.6) is 0 Å². The van der Waals surface area contributed by atoms with Gasteiger partial charge in [-0.1, -0.05) is 6.42 Å². The topological polar surface area (TPSA) is 82.5 Å². The lowest BCUT2D eigenvalue weighted by Crippen LogP contribution is -2.39. The minimum absolute atomic E-state index is 0.0732. The van der Waals surface area contributed by atoms with E-state index in [0.29, 0.717) is 19.5 Å². The van der Waals surface area contributed by atoms with Gasteiger partial charge in [-0.2, -0.15) is 0 Å². The number of nitrogens with one attached hydrogen (secondary N) is 1. The fourth-order valence-corrected chi connectivity index (χ4v) is 4.19. The molecule has 0 radical (unpaired) electrons. The van der Waals surface area contributed by atoms with Gasteiger partial charge in [0.1, 0.15) is 0 Å². The molecule has 2 aliphatic rings. The van der Waals surface area contributed by atoms with Crippen molar-refractivity contribution in [2.45, 2.75) is 40.0 Å². The molecule has 1 aliphatic heterocycles. The minimum Gasteiger partial charge on any atom is -0.481 e. The molecule has 2 atom stereocenters. The largest absolute Gasteiger partial charge is 0.481 e. The second-order valence-electron chi connectivity index (χ2n) is 6.90. The highest BCUT2D eigenvalue weighted by atomic mass is 16.4. The van der Waals surface area contributed by atoms with Gasteiger partial charge >= 0.3 is 12.0 Å². The first kappa shape index (κ1) is 15.8. The van der Waals surface area contributed by atoms with E-state index in [9.17, 15) is 14.7 Å². The summed E-state index contributed by atoms with van der Waals surface area (Å²) in [6, 6.07) is 1.71. The van der Waals surface area contributed by atoms with Crippen LogP contribution in [0.2, 0.25) is 0 Å². The number of anilines is 1. The third-order valence-electron chi connectivity index (χ3n) is 5.34. The number of aryl methyl sites for hydroxylation is 3. The van der Waals surface area contributed by atoms with Gasteiger partial charge in [0.05, 0.1) is 16.8 Å². The van der Waals surface area contributed by atoms with Crippen LogP contribution in [0.4, 0.5) is 10.5 Å². The van der Waals surface area contributed by atoms with Crippen LogP contribution < -0.4 is 5.32 Å². The Morgan fingerprint density at radius 3 is 2.74 bits per heavy atom. The molecule has 2 heterocycles. The lowest BCUT2D eigenvalue weighted by Gasteiger charge is -2.23. The summed E-state index contributed by atoms with van der Waals surface area (Å²) in [4.78, 5) is 30.3. The molecule has 2 amide bonds. The third kappa shape index (κ3) is 2.56. The number of fused-ring (bicyclic) bond motifs is 1. The molecule has 6 heteroatoms. The minimum atomic E-state index is -0.764. The van der Waals surface area contributed by atoms with Gasteiger partial charge in [0.25, 0.3) is 0 Å². The summed E-state index contributed by atoms with van der Waals surface area (Å²) >= 11 is 0. The predicted octanol–water partition coefficient (Wildman–Crippen LogP) is 2.73. The third-order valence-corrected chi connectivity index (χ3v) is 5.34. The zero-order valence-corrected chi connectivity index (χ0v) is 13.8. The SMILES string of the molecule is Cc1cc(C)c(NC(=O)N2C[C@@H]3CCC[C@@]3(C(=O)O)C2)c(C)n1. The van der Waals surface area contributed by atoms with Crippen molar-refractivity contribution in [1.82, 2.24) is 9.88 Å². The Morgan fingerprint density at radius 2 is 2.13 bits per heavy atom. The molecule has 1 saturated heterocycles. The number of carbonyl (C=O) groups excluding carboxylic acids is 1. The number of carboxylic acids is 1. The van der Waals surface area contributed by atoms with Crippen molar-refractivity contribution in [3.05, 3.63) is 23.0 Å². The van der Waals surface area contributed by atoms with Crippen molar-refractivity contribution in [3.8, 4) is 0 Å². The molecule has 1 aromatic rings. The van der Waals surface area contributed by atoms with E-state index in [-0.39, 0.29) is 11.9 Å². The standard InChI is InChI=1S/C17H23N3O3/c1-10-7-11(2)18-12(3)14(10)19-16(23)20-8-13-5-4-6-17(13,9-20)15(21)22/h7,13H,4-6,8-9H2,1-3H3,(H,19,23)(H,21,22)/t13-,17+/m0/s1. The van der Waals surface area contributed by atoms with E-state index < -0.39 is 11.4 Å². The number of pyridine rings is 1. The van der Waals surface area contributed by atoms with E-state index in [1.54, 1.807) is 4.90 Å². The Bertz CT molecular complexity index is 650. The van der Waals surface area contributed by atoms with Gasteiger partial charge in [-0.3, -0.25) is 9.78 Å². The first-order valence-corrected chi connectivity index (χ1v) is 8.07. The van der Waals surface area contributed by atoms with Crippen LogP contribution in [0.3, 0.4) is 0 Å². The van der Waals surface area contributed by atoms with Crippen molar-refractivity contribution in [1.29, 1.82) is 0 Å². The second-order valence-corrected chi connectivity index (χ2v) is 6.90. The molecule has 1 saturated carbocycles. The maximum atomic E-state index is 12.6. The summed E-state index contributed by atoms with van der Waals surface area (Å²) in [5.41, 5.74) is 2.65. The number of likely N-dealkylation sites (tertiary alicyclic amines) is 1. The molecular weight excluding hydrogens is 294 g/mol. The normalized spacial score (nSPS) is 26.2. The Kier molecular flexibility index (Phi) is 3.78. The molecule has 1 aliphatic carbocycles. The van der Waals surface area contributed by atoms with Crippen LogP contribution in [0, 0.1) is 32.1 Å². The predicted molar refractivity (Wildman–Crippen MR) is 86.4 cm³/mol. The summed E-state index contributed by atoms with van der Waals surface area (Å²) in [6.07, 6.45) is 2.49. The monoisotopic (exact) mass is 317 g/mol. The maximum absolute atomic E-state index is 12.6. The molecule has 2 fully saturated rings. The number of aromatic nitrogens is 1. The summed E-state index contributed by atoms with van der Waals surface area (Å²) in [5, 5.41) is 12.5. The maximum Gasteiger partial charge on any atom is 0.321 e. The van der Waals surface area contributed by atoms with Gasteiger partial charge in [-0.15, -0.1) is 0 Å². The zero-order valence-electron chi connectivity index (χ0n) is 13.8. The smallest absolute Gasteiger partial charge is 0.321 e. The Labute approximate surface area is 135 Å². The van der Waals surface area contributed by atoms with Gasteiger partial charge in [0.2, 0.25) is 0 Å². The number of rotatable bonds is 2. The summed E-state index contributed by atoms with van der Waals surface area (Å²) < 4.78 is 0. The number of hydrogen-bond acceptors (Lipinski definition) is 3. The van der Waals surface area contributed by atoms with Gasteiger partial charge in [-0.25, -0.2) is 4.79 Å². The van der Waals surface area contributed by atoms with Crippen molar-refractivity contribution in [3.63, 3.8) is 0 Å². The van der Waals surface area contributed by atoms with Crippen molar-refractivity contribution < 1.29 is 14.7 Å². The number of nitrogens with zero attached hydrogens (tertiary/aromatic N) is 2. The Balaban J connectivity index is 1.77. The molecular formula is C17H23N3O3. The van der Waals surface area contributed by atoms with E-state index in [1.165, 1.54) is 0 Å². The average Bonchev–Trinajstić information content (AvgIpc) is 3.00. The number of aliphatic carboxylic acids is 1. The summed E-state index contributed by atoms with van der Waals surface area (Å²) in [6.45, 7) is 6.55. The van der Waals surface area contributed by atoms with Crippen LogP contribution in [-0.2, 0) is 4.79 Å². The molecule has 3 rings (SSSR count). The first-order valence-electron chi connectivity index (χ1n) is 8.07. The highest BCUT2D eigenvalue weighted by Crippen LogP contribution is 2.49. The van der Waals surface area contributed by atoms with Gasteiger partial charge in [0.15, 0.2) is 0 Å². The molecule has 6 nitrogen and oxygen atoms in total. The average molecular weight is 317 g/mol. The highest BCUT2D eigenvalue weighted by molar-refractivity contribution is 5.92. The molecule has 23 heavy (non-hydrogen) atoms. The fourth-order valence-electron chi connectivity index (χ4n) is 4.19. The zero-order chi connectivity index (χ0) is 16.8. The number of carboxylic acid groups (broad SMARTS) is 1. The lowest BCUT2D eigenvalue weighted by atomic mass is 9.81. The first-order chi connectivity index (χ1) is 10.8. The van der Waals surface area contributed by atoms with Crippen molar-refractivity contribution in [2.75, 3.05) is 18.4 Å². The second kappa shape index (κ2) is 5.51. The van der Waals surface area contributed by atoms with Crippen LogP contribution in [0.25, 0.3) is 0 Å². The molecule has 0 unspecified atom stereocenters. The molecule has 1 aromatic heterocycles. The number of amides is 2. The van der Waals surface area contributed by atoms with Crippen molar-refractivity contribution in [2.24, 2.45) is 11.3 Å². The van der Waals surface area contributed by atoms with Crippen LogP contribution in [-0.4, -0.2) is 40.1 Å². The summed E-state index contributed by atoms with van der Waals surface area (Å²) in [5.74, 6) is -0.691. The lowest BCUT2D eigenvalue weighted by molar-refractivity contribution is -0.149. The molecule has 2 N–H and O–H groups in total. The van der Waals surface area contributed by atoms with Gasteiger partial charge in [0, 0.05) is 18.8 Å². The molecule has 0 spiro atoms.